The fourth-order valence-electron chi connectivity index (χ4n) is 2.99. The number of rotatable bonds is 6. The van der Waals surface area contributed by atoms with Crippen molar-refractivity contribution in [2.75, 3.05) is 26.2 Å². The number of nitrogens with one attached hydrogen (secondary N) is 1. The average Bonchev–Trinajstić information content (AvgIpc) is 3.17. The van der Waals surface area contributed by atoms with Crippen LogP contribution in [-0.2, 0) is 6.54 Å². The van der Waals surface area contributed by atoms with E-state index in [0.717, 1.165) is 30.2 Å². The Morgan fingerprint density at radius 3 is 2.73 bits per heavy atom. The summed E-state index contributed by atoms with van der Waals surface area (Å²) in [6.45, 7) is 5.93. The highest BCUT2D eigenvalue weighted by atomic mass is 35.5. The van der Waals surface area contributed by atoms with E-state index < -0.39 is 0 Å². The maximum absolute atomic E-state index is 6.21. The van der Waals surface area contributed by atoms with Crippen molar-refractivity contribution < 1.29 is 14.6 Å². The van der Waals surface area contributed by atoms with E-state index in [2.05, 4.69) is 5.32 Å². The molecule has 3 nitrogen and oxygen atoms in total. The average molecular weight is 341 g/mol. The van der Waals surface area contributed by atoms with E-state index in [9.17, 15) is 0 Å². The van der Waals surface area contributed by atoms with E-state index in [1.165, 1.54) is 32.5 Å². The van der Waals surface area contributed by atoms with Gasteiger partial charge < -0.3 is 14.6 Å². The number of likely N-dealkylation sites (tertiary alicyclic amines) is 1. The molecule has 0 radical (unpaired) electrons. The van der Waals surface area contributed by atoms with Gasteiger partial charge in [-0.25, -0.2) is 0 Å². The Hall–Kier alpha value is -1.00. The smallest absolute Gasteiger partial charge is 0.158 e. The molecule has 0 aliphatic carbocycles. The van der Waals surface area contributed by atoms with Crippen LogP contribution in [-0.4, -0.2) is 26.2 Å². The van der Waals surface area contributed by atoms with Gasteiger partial charge in [-0.05, 0) is 30.3 Å². The Labute approximate surface area is 141 Å². The molecule has 118 valence electrons. The lowest BCUT2D eigenvalue weighted by Crippen LogP contribution is -3.12. The van der Waals surface area contributed by atoms with Crippen molar-refractivity contribution in [3.8, 4) is 11.3 Å². The summed E-state index contributed by atoms with van der Waals surface area (Å²) in [5, 5.41) is 3.64. The molecule has 0 atom stereocenters. The molecule has 5 heteroatoms. The SMILES string of the molecule is Clc1ccc(Cl)c(-c2ccc(C[NH2+]CC[NH+]3CCCC3)o2)c1. The lowest BCUT2D eigenvalue weighted by molar-refractivity contribution is -0.901. The molecule has 0 unspecified atom stereocenters. The van der Waals surface area contributed by atoms with Crippen molar-refractivity contribution in [3.63, 3.8) is 0 Å². The fourth-order valence-corrected chi connectivity index (χ4v) is 3.38. The Morgan fingerprint density at radius 1 is 1.09 bits per heavy atom. The van der Waals surface area contributed by atoms with Crippen LogP contribution in [0.15, 0.2) is 34.7 Å². The normalized spacial score (nSPS) is 15.5. The maximum atomic E-state index is 6.21. The van der Waals surface area contributed by atoms with Crippen molar-refractivity contribution in [1.29, 1.82) is 0 Å². The van der Waals surface area contributed by atoms with Crippen LogP contribution >= 0.6 is 23.2 Å². The molecule has 2 heterocycles. The van der Waals surface area contributed by atoms with Gasteiger partial charge in [0, 0.05) is 23.4 Å². The monoisotopic (exact) mass is 340 g/mol. The van der Waals surface area contributed by atoms with E-state index in [1.807, 2.05) is 18.2 Å². The summed E-state index contributed by atoms with van der Waals surface area (Å²) >= 11 is 12.2. The minimum absolute atomic E-state index is 0.659. The quantitative estimate of drug-likeness (QED) is 0.775. The van der Waals surface area contributed by atoms with Gasteiger partial charge >= 0.3 is 0 Å². The second kappa shape index (κ2) is 7.51. The maximum Gasteiger partial charge on any atom is 0.158 e. The fraction of sp³-hybridized carbons (Fsp3) is 0.412. The highest BCUT2D eigenvalue weighted by Gasteiger charge is 2.15. The number of hydrogen-bond acceptors (Lipinski definition) is 1. The minimum atomic E-state index is 0.659. The van der Waals surface area contributed by atoms with E-state index in [-0.39, 0.29) is 0 Å². The lowest BCUT2D eigenvalue weighted by Gasteiger charge is -2.10. The molecule has 22 heavy (non-hydrogen) atoms. The molecular formula is C17H22Cl2N2O+2. The lowest BCUT2D eigenvalue weighted by atomic mass is 10.2. The summed E-state index contributed by atoms with van der Waals surface area (Å²) < 4.78 is 5.90. The molecule has 1 aromatic heterocycles. The van der Waals surface area contributed by atoms with E-state index in [0.29, 0.717) is 10.0 Å². The van der Waals surface area contributed by atoms with Gasteiger partial charge in [0.15, 0.2) is 5.76 Å². The van der Waals surface area contributed by atoms with Gasteiger partial charge in [0.25, 0.3) is 0 Å². The first-order chi connectivity index (χ1) is 10.7. The first-order valence-corrected chi connectivity index (χ1v) is 8.67. The van der Waals surface area contributed by atoms with Crippen molar-refractivity contribution >= 4 is 23.2 Å². The largest absolute Gasteiger partial charge is 0.455 e. The summed E-state index contributed by atoms with van der Waals surface area (Å²) in [6.07, 6.45) is 2.77. The standard InChI is InChI=1S/C17H20Cl2N2O/c18-13-3-5-16(19)15(11-13)17-6-4-14(22-17)12-20-7-10-21-8-1-2-9-21/h3-6,11,20H,1-2,7-10,12H2/p+2. The predicted octanol–water partition coefficient (Wildman–Crippen LogP) is 2.00. The molecule has 0 saturated carbocycles. The highest BCUT2D eigenvalue weighted by molar-refractivity contribution is 6.35. The van der Waals surface area contributed by atoms with Crippen LogP contribution in [0.4, 0.5) is 0 Å². The molecule has 0 spiro atoms. The number of halogens is 2. The molecule has 1 aliphatic rings. The van der Waals surface area contributed by atoms with E-state index in [1.54, 1.807) is 17.0 Å². The van der Waals surface area contributed by atoms with E-state index >= 15 is 0 Å². The Bertz CT molecular complexity index is 621. The summed E-state index contributed by atoms with van der Waals surface area (Å²) in [6, 6.07) is 9.41. The molecule has 0 amide bonds. The molecular weight excluding hydrogens is 319 g/mol. The number of benzene rings is 1. The van der Waals surface area contributed by atoms with Crippen molar-refractivity contribution in [2.24, 2.45) is 0 Å². The number of hydrogen-bond donors (Lipinski definition) is 2. The van der Waals surface area contributed by atoms with Gasteiger partial charge in [-0.3, -0.25) is 0 Å². The Kier molecular flexibility index (Phi) is 5.42. The van der Waals surface area contributed by atoms with Gasteiger partial charge in [0.2, 0.25) is 0 Å². The summed E-state index contributed by atoms with van der Waals surface area (Å²) in [4.78, 5) is 1.74. The molecule has 3 N–H and O–H groups in total. The number of quaternary nitrogens is 2. The molecule has 1 aliphatic heterocycles. The van der Waals surface area contributed by atoms with Crippen molar-refractivity contribution in [3.05, 3.63) is 46.1 Å². The van der Waals surface area contributed by atoms with Crippen LogP contribution in [0.2, 0.25) is 10.0 Å². The Balaban J connectivity index is 1.53. The van der Waals surface area contributed by atoms with Gasteiger partial charge in [0.05, 0.1) is 18.1 Å². The first kappa shape index (κ1) is 15.9. The molecule has 1 saturated heterocycles. The van der Waals surface area contributed by atoms with Crippen molar-refractivity contribution in [2.45, 2.75) is 19.4 Å². The topological polar surface area (TPSA) is 34.2 Å². The number of nitrogens with two attached hydrogens (primary N) is 1. The van der Waals surface area contributed by atoms with E-state index in [4.69, 9.17) is 27.6 Å². The summed E-state index contributed by atoms with van der Waals surface area (Å²) in [5.74, 6) is 1.75. The van der Waals surface area contributed by atoms with Crippen LogP contribution in [0, 0.1) is 0 Å². The summed E-state index contributed by atoms with van der Waals surface area (Å²) in [5.41, 5.74) is 0.849. The number of furan rings is 1. The zero-order valence-electron chi connectivity index (χ0n) is 12.6. The zero-order chi connectivity index (χ0) is 15.4. The predicted molar refractivity (Wildman–Crippen MR) is 89.5 cm³/mol. The highest BCUT2D eigenvalue weighted by Crippen LogP contribution is 2.31. The van der Waals surface area contributed by atoms with Crippen LogP contribution in [0.1, 0.15) is 18.6 Å². The first-order valence-electron chi connectivity index (χ1n) is 7.92. The van der Waals surface area contributed by atoms with Crippen LogP contribution in [0.25, 0.3) is 11.3 Å². The second-order valence-electron chi connectivity index (χ2n) is 5.88. The van der Waals surface area contributed by atoms with Gasteiger partial charge in [-0.2, -0.15) is 0 Å². The molecule has 1 aromatic carbocycles. The summed E-state index contributed by atoms with van der Waals surface area (Å²) in [7, 11) is 0. The third kappa shape index (κ3) is 4.05. The van der Waals surface area contributed by atoms with Gasteiger partial charge in [0.1, 0.15) is 25.4 Å². The zero-order valence-corrected chi connectivity index (χ0v) is 14.1. The molecule has 1 fully saturated rings. The van der Waals surface area contributed by atoms with Crippen LogP contribution < -0.4 is 10.2 Å². The third-order valence-corrected chi connectivity index (χ3v) is 4.78. The van der Waals surface area contributed by atoms with Gasteiger partial charge in [-0.1, -0.05) is 23.2 Å². The van der Waals surface area contributed by atoms with Crippen LogP contribution in [0.3, 0.4) is 0 Å². The minimum Gasteiger partial charge on any atom is -0.455 e. The van der Waals surface area contributed by atoms with Crippen molar-refractivity contribution in [1.82, 2.24) is 0 Å². The molecule has 0 bridgehead atoms. The van der Waals surface area contributed by atoms with Crippen LogP contribution in [0.5, 0.6) is 0 Å². The molecule has 3 rings (SSSR count). The van der Waals surface area contributed by atoms with Gasteiger partial charge in [-0.15, -0.1) is 0 Å². The molecule has 2 aromatic rings. The third-order valence-electron chi connectivity index (χ3n) is 4.21. The second-order valence-corrected chi connectivity index (χ2v) is 6.72. The Morgan fingerprint density at radius 2 is 1.91 bits per heavy atom.